The van der Waals surface area contributed by atoms with Crippen molar-refractivity contribution in [1.29, 1.82) is 0 Å². The van der Waals surface area contributed by atoms with Gasteiger partial charge in [-0.3, -0.25) is 4.79 Å². The van der Waals surface area contributed by atoms with E-state index in [1.807, 2.05) is 11.1 Å². The molecule has 0 aliphatic heterocycles. The summed E-state index contributed by atoms with van der Waals surface area (Å²) in [4.78, 5) is 13.1. The standard InChI is InChI=1S/C15H29BrO3Si/c1-14(2,3)20(6,7)19-15(4,11-12-16)10-8-9-13(17)18-5/h11-12H,8-10H2,1-7H3/t15-/m0/s1. The van der Waals surface area contributed by atoms with Crippen LogP contribution in [0.3, 0.4) is 0 Å². The fraction of sp³-hybridized carbons (Fsp3) is 0.800. The molecule has 20 heavy (non-hydrogen) atoms. The van der Waals surface area contributed by atoms with Crippen molar-refractivity contribution in [3.05, 3.63) is 11.1 Å². The maximum atomic E-state index is 11.2. The summed E-state index contributed by atoms with van der Waals surface area (Å²) in [7, 11) is -0.429. The van der Waals surface area contributed by atoms with E-state index >= 15 is 0 Å². The molecule has 5 heteroatoms. The van der Waals surface area contributed by atoms with Crippen LogP contribution in [0.4, 0.5) is 0 Å². The second-order valence-electron chi connectivity index (χ2n) is 6.90. The SMILES string of the molecule is COC(=O)CCC[C@@](C)(C=CBr)O[Si](C)(C)C(C)(C)C. The Balaban J connectivity index is 4.81. The van der Waals surface area contributed by atoms with Crippen molar-refractivity contribution in [3.8, 4) is 0 Å². The molecule has 0 aliphatic carbocycles. The molecule has 0 saturated heterocycles. The van der Waals surface area contributed by atoms with Crippen molar-refractivity contribution in [2.75, 3.05) is 7.11 Å². The average Bonchev–Trinajstić information content (AvgIpc) is 2.26. The first kappa shape index (κ1) is 19.9. The molecule has 0 bridgehead atoms. The minimum Gasteiger partial charge on any atom is -0.469 e. The number of carbonyl (C=O) groups excluding carboxylic acids is 1. The van der Waals surface area contributed by atoms with Crippen molar-refractivity contribution in [3.63, 3.8) is 0 Å². The van der Waals surface area contributed by atoms with E-state index in [9.17, 15) is 4.79 Å². The van der Waals surface area contributed by atoms with Crippen LogP contribution in [0, 0.1) is 0 Å². The lowest BCUT2D eigenvalue weighted by Gasteiger charge is -2.43. The van der Waals surface area contributed by atoms with Crippen LogP contribution in [0.2, 0.25) is 18.1 Å². The number of ether oxygens (including phenoxy) is 1. The maximum absolute atomic E-state index is 11.2. The van der Waals surface area contributed by atoms with Gasteiger partial charge in [0.15, 0.2) is 8.32 Å². The van der Waals surface area contributed by atoms with E-state index in [2.05, 4.69) is 61.5 Å². The van der Waals surface area contributed by atoms with Crippen LogP contribution in [0.15, 0.2) is 11.1 Å². The quantitative estimate of drug-likeness (QED) is 0.469. The first-order chi connectivity index (χ1) is 8.97. The van der Waals surface area contributed by atoms with E-state index in [4.69, 9.17) is 4.43 Å². The Bertz CT molecular complexity index is 348. The molecule has 0 saturated carbocycles. The molecular formula is C15H29BrO3Si. The molecule has 0 rings (SSSR count). The zero-order valence-electron chi connectivity index (χ0n) is 13.9. The summed E-state index contributed by atoms with van der Waals surface area (Å²) in [5, 5.41) is 0.163. The molecule has 0 aromatic carbocycles. The molecule has 118 valence electrons. The predicted octanol–water partition coefficient (Wildman–Crippen LogP) is 5.02. The first-order valence-corrected chi connectivity index (χ1v) is 10.8. The summed E-state index contributed by atoms with van der Waals surface area (Å²) in [5.41, 5.74) is -0.347. The third-order valence-corrected chi connectivity index (χ3v) is 8.85. The van der Waals surface area contributed by atoms with E-state index in [1.165, 1.54) is 7.11 Å². The highest BCUT2D eigenvalue weighted by atomic mass is 79.9. The second kappa shape index (κ2) is 7.76. The summed E-state index contributed by atoms with van der Waals surface area (Å²) < 4.78 is 11.2. The molecule has 0 radical (unpaired) electrons. The summed E-state index contributed by atoms with van der Waals surface area (Å²) in [5.74, 6) is -0.164. The van der Waals surface area contributed by atoms with Gasteiger partial charge in [-0.1, -0.05) is 36.7 Å². The number of halogens is 1. The predicted molar refractivity (Wildman–Crippen MR) is 90.6 cm³/mol. The van der Waals surface area contributed by atoms with Gasteiger partial charge < -0.3 is 9.16 Å². The van der Waals surface area contributed by atoms with Crippen LogP contribution in [0.1, 0.15) is 47.0 Å². The van der Waals surface area contributed by atoms with Gasteiger partial charge in [-0.25, -0.2) is 0 Å². The Hall–Kier alpha value is -0.133. The van der Waals surface area contributed by atoms with E-state index in [0.29, 0.717) is 6.42 Å². The van der Waals surface area contributed by atoms with Gasteiger partial charge in [0.05, 0.1) is 12.7 Å². The Morgan fingerprint density at radius 1 is 1.25 bits per heavy atom. The number of hydrogen-bond donors (Lipinski definition) is 0. The van der Waals surface area contributed by atoms with Crippen LogP contribution in [-0.2, 0) is 14.0 Å². The summed E-state index contributed by atoms with van der Waals surface area (Å²) >= 11 is 3.34. The monoisotopic (exact) mass is 364 g/mol. The Morgan fingerprint density at radius 3 is 2.20 bits per heavy atom. The van der Waals surface area contributed by atoms with Crippen LogP contribution < -0.4 is 0 Å². The van der Waals surface area contributed by atoms with E-state index < -0.39 is 8.32 Å². The third kappa shape index (κ3) is 6.55. The lowest BCUT2D eigenvalue weighted by molar-refractivity contribution is -0.140. The smallest absolute Gasteiger partial charge is 0.305 e. The molecule has 0 amide bonds. The maximum Gasteiger partial charge on any atom is 0.305 e. The largest absolute Gasteiger partial charge is 0.469 e. The summed E-state index contributed by atoms with van der Waals surface area (Å²) in [6, 6.07) is 0. The molecule has 0 aliphatic rings. The molecule has 0 unspecified atom stereocenters. The first-order valence-electron chi connectivity index (χ1n) is 7.02. The normalized spacial score (nSPS) is 16.2. The van der Waals surface area contributed by atoms with Gasteiger partial charge in [0.25, 0.3) is 0 Å². The van der Waals surface area contributed by atoms with Crippen molar-refractivity contribution >= 4 is 30.2 Å². The van der Waals surface area contributed by atoms with E-state index in [1.54, 1.807) is 0 Å². The molecule has 0 spiro atoms. The number of esters is 1. The van der Waals surface area contributed by atoms with E-state index in [0.717, 1.165) is 12.8 Å². The zero-order valence-corrected chi connectivity index (χ0v) is 16.5. The Kier molecular flexibility index (Phi) is 7.70. The lowest BCUT2D eigenvalue weighted by Crippen LogP contribution is -2.47. The molecule has 3 nitrogen and oxygen atoms in total. The Morgan fingerprint density at radius 2 is 1.80 bits per heavy atom. The van der Waals surface area contributed by atoms with E-state index in [-0.39, 0.29) is 16.6 Å². The molecule has 1 atom stereocenters. The molecule has 0 N–H and O–H groups in total. The highest BCUT2D eigenvalue weighted by Crippen LogP contribution is 2.40. The van der Waals surface area contributed by atoms with Gasteiger partial charge >= 0.3 is 5.97 Å². The van der Waals surface area contributed by atoms with Crippen molar-refractivity contribution in [2.45, 2.75) is 70.7 Å². The molecular weight excluding hydrogens is 336 g/mol. The summed E-state index contributed by atoms with van der Waals surface area (Å²) in [6.45, 7) is 13.3. The van der Waals surface area contributed by atoms with Crippen LogP contribution in [0.25, 0.3) is 0 Å². The van der Waals surface area contributed by atoms with Crippen LogP contribution in [-0.4, -0.2) is 27.0 Å². The minimum atomic E-state index is -1.85. The number of carbonyl (C=O) groups is 1. The number of rotatable bonds is 7. The third-order valence-electron chi connectivity index (χ3n) is 3.99. The summed E-state index contributed by atoms with van der Waals surface area (Å²) in [6.07, 6.45) is 4.03. The van der Waals surface area contributed by atoms with Crippen molar-refractivity contribution < 1.29 is 14.0 Å². The lowest BCUT2D eigenvalue weighted by atomic mass is 9.99. The molecule has 0 aromatic heterocycles. The fourth-order valence-electron chi connectivity index (χ4n) is 1.72. The number of hydrogen-bond acceptors (Lipinski definition) is 3. The number of methoxy groups -OCH3 is 1. The van der Waals surface area contributed by atoms with Crippen molar-refractivity contribution in [2.24, 2.45) is 0 Å². The highest BCUT2D eigenvalue weighted by Gasteiger charge is 2.41. The molecule has 0 heterocycles. The topological polar surface area (TPSA) is 35.5 Å². The fourth-order valence-corrected chi connectivity index (χ4v) is 3.92. The molecule has 0 aromatic rings. The van der Waals surface area contributed by atoms with Crippen LogP contribution in [0.5, 0.6) is 0 Å². The highest BCUT2D eigenvalue weighted by molar-refractivity contribution is 9.11. The van der Waals surface area contributed by atoms with Gasteiger partial charge in [-0.15, -0.1) is 0 Å². The van der Waals surface area contributed by atoms with Gasteiger partial charge in [-0.2, -0.15) is 0 Å². The van der Waals surface area contributed by atoms with Crippen molar-refractivity contribution in [1.82, 2.24) is 0 Å². The van der Waals surface area contributed by atoms with Gasteiger partial charge in [-0.05, 0) is 49.0 Å². The second-order valence-corrected chi connectivity index (χ2v) is 12.2. The van der Waals surface area contributed by atoms with Gasteiger partial charge in [0.2, 0.25) is 0 Å². The van der Waals surface area contributed by atoms with Gasteiger partial charge in [0, 0.05) is 6.42 Å². The Labute approximate surface area is 133 Å². The minimum absolute atomic E-state index is 0.163. The van der Waals surface area contributed by atoms with Crippen LogP contribution >= 0.6 is 15.9 Å². The zero-order chi connectivity index (χ0) is 16.0. The van der Waals surface area contributed by atoms with Gasteiger partial charge in [0.1, 0.15) is 0 Å². The average molecular weight is 365 g/mol. The molecule has 0 fully saturated rings.